The zero-order chi connectivity index (χ0) is 43.8. The number of carbonyl (C=O) groups is 6. The highest BCUT2D eigenvalue weighted by Crippen LogP contribution is 2.32. The van der Waals surface area contributed by atoms with Crippen molar-refractivity contribution in [1.82, 2.24) is 21.3 Å². The Balaban J connectivity index is 2.05. The molecule has 0 aliphatic carbocycles. The number of ether oxygens (including phenoxy) is 1. The first-order valence-corrected chi connectivity index (χ1v) is 22.3. The van der Waals surface area contributed by atoms with Crippen molar-refractivity contribution in [2.75, 3.05) is 17.8 Å². The van der Waals surface area contributed by atoms with Gasteiger partial charge in [0.2, 0.25) is 17.7 Å². The third-order valence-corrected chi connectivity index (χ3v) is 11.6. The van der Waals surface area contributed by atoms with Crippen LogP contribution in [-0.4, -0.2) is 82.9 Å². The average molecular weight is 847 g/mol. The minimum Gasteiger partial charge on any atom is -0.444 e. The fourth-order valence-electron chi connectivity index (χ4n) is 6.42. The molecular weight excluding hydrogens is 787 g/mol. The number of hydrogen-bond donors (Lipinski definition) is 5. The van der Waals surface area contributed by atoms with E-state index in [1.54, 1.807) is 70.2 Å². The predicted octanol–water partition coefficient (Wildman–Crippen LogP) is 5.44. The molecule has 0 bridgehead atoms. The minimum absolute atomic E-state index is 0.0206. The highest BCUT2D eigenvalue weighted by Gasteiger charge is 2.57. The lowest BCUT2D eigenvalue weighted by molar-refractivity contribution is -0.146. The fourth-order valence-corrected chi connectivity index (χ4v) is 7.84. The Hall–Kier alpha value is -4.66. The number of alkyl carbamates (subject to hydrolysis) is 1. The molecule has 3 aromatic rings. The number of nitrogens with one attached hydrogen (secondary N) is 4. The second kappa shape index (κ2) is 23.2. The number of amides is 4. The van der Waals surface area contributed by atoms with E-state index >= 15 is 4.79 Å². The molecule has 3 rings (SSSR count). The number of aryl methyl sites for hydroxylation is 1. The Morgan fingerprint density at radius 1 is 0.797 bits per heavy atom. The van der Waals surface area contributed by atoms with Crippen LogP contribution in [0.5, 0.6) is 0 Å². The Labute approximate surface area is 357 Å². The van der Waals surface area contributed by atoms with Gasteiger partial charge in [-0.1, -0.05) is 111 Å². The van der Waals surface area contributed by atoms with Crippen molar-refractivity contribution in [2.24, 2.45) is 11.7 Å². The number of Topliss-reactive ketones (excluding diaryl/α,β-unsaturated/α-hetero) is 2. The molecule has 319 valence electrons. The molecule has 12 nitrogen and oxygen atoms in total. The number of carbonyl (C=O) groups excluding carboxylic acids is 6. The van der Waals surface area contributed by atoms with Gasteiger partial charge < -0.3 is 31.7 Å². The van der Waals surface area contributed by atoms with E-state index in [0.717, 1.165) is 11.1 Å². The van der Waals surface area contributed by atoms with Gasteiger partial charge in [-0.15, -0.1) is 0 Å². The van der Waals surface area contributed by atoms with Crippen LogP contribution in [0.2, 0.25) is 0 Å². The Morgan fingerprint density at radius 2 is 1.39 bits per heavy atom. The molecule has 1 unspecified atom stereocenters. The van der Waals surface area contributed by atoms with Gasteiger partial charge >= 0.3 is 6.09 Å². The molecule has 0 aromatic heterocycles. The summed E-state index contributed by atoms with van der Waals surface area (Å²) in [7, 11) is 3.55. The van der Waals surface area contributed by atoms with E-state index in [4.69, 9.17) is 10.5 Å². The maximum absolute atomic E-state index is 15.2. The summed E-state index contributed by atoms with van der Waals surface area (Å²) in [4.78, 5) is 85.5. The maximum Gasteiger partial charge on any atom is 0.408 e. The van der Waals surface area contributed by atoms with Crippen molar-refractivity contribution in [1.29, 1.82) is 0 Å². The standard InChI is InChI=1S/C45H60N5O7S2/c1-9-30(3)37(50-43(56)57-44(4,5)6)41(54)49-36(26-31-16-12-10-13-17-31)40(53)48-35(24-25-58-8)39(52)45(42(55)47-7,33-18-14-11-15-19-33)38(51)34(46)28-59-27-32-22-20-29(2)21-23-32/h10-23,30,34-37H,7,9,24-28,46H2,1-6,8H3,(H,47,55)(H,48,53)(H,49,54)(H,50,56)/t30-,34-,35-,36-,37-,45?/m0/s1. The van der Waals surface area contributed by atoms with E-state index < -0.39 is 70.6 Å². The van der Waals surface area contributed by atoms with Gasteiger partial charge in [0.15, 0.2) is 17.0 Å². The number of nitrogens with two attached hydrogens (primary N) is 1. The molecule has 0 heterocycles. The number of ketones is 2. The van der Waals surface area contributed by atoms with Gasteiger partial charge in [0.25, 0.3) is 0 Å². The topological polar surface area (TPSA) is 186 Å². The summed E-state index contributed by atoms with van der Waals surface area (Å²) < 4.78 is 5.43. The van der Waals surface area contributed by atoms with Crippen molar-refractivity contribution in [2.45, 2.75) is 102 Å². The first kappa shape index (κ1) is 48.7. The first-order chi connectivity index (χ1) is 28.0. The molecule has 0 saturated heterocycles. The van der Waals surface area contributed by atoms with E-state index in [0.29, 0.717) is 23.5 Å². The lowest BCUT2D eigenvalue weighted by atomic mass is 9.68. The second-order valence-corrected chi connectivity index (χ2v) is 17.6. The summed E-state index contributed by atoms with van der Waals surface area (Å²) in [5.41, 5.74) is 6.20. The molecule has 0 spiro atoms. The molecule has 3 aromatic carbocycles. The van der Waals surface area contributed by atoms with Crippen LogP contribution in [0.3, 0.4) is 0 Å². The van der Waals surface area contributed by atoms with Gasteiger partial charge in [0.1, 0.15) is 17.7 Å². The summed E-state index contributed by atoms with van der Waals surface area (Å²) in [5.74, 6) is -3.42. The van der Waals surface area contributed by atoms with E-state index in [-0.39, 0.29) is 30.1 Å². The van der Waals surface area contributed by atoms with Crippen molar-refractivity contribution in [3.05, 3.63) is 114 Å². The lowest BCUT2D eigenvalue weighted by Crippen LogP contribution is -2.65. The number of rotatable bonds is 22. The van der Waals surface area contributed by atoms with E-state index in [1.807, 2.05) is 50.4 Å². The second-order valence-electron chi connectivity index (χ2n) is 15.6. The average Bonchev–Trinajstić information content (AvgIpc) is 3.21. The van der Waals surface area contributed by atoms with Crippen LogP contribution in [-0.2, 0) is 46.3 Å². The fraction of sp³-hybridized carbons (Fsp3) is 0.444. The molecule has 0 aliphatic heterocycles. The molecule has 4 amide bonds. The molecule has 0 aliphatic rings. The van der Waals surface area contributed by atoms with E-state index in [9.17, 15) is 24.0 Å². The number of benzene rings is 3. The normalized spacial score (nSPS) is 14.9. The third kappa shape index (κ3) is 14.0. The molecule has 6 N–H and O–H groups in total. The minimum atomic E-state index is -2.49. The highest BCUT2D eigenvalue weighted by atomic mass is 32.2. The van der Waals surface area contributed by atoms with Crippen LogP contribution in [0, 0.1) is 19.9 Å². The van der Waals surface area contributed by atoms with Crippen molar-refractivity contribution in [3.8, 4) is 0 Å². The Bertz CT molecular complexity index is 1860. The van der Waals surface area contributed by atoms with Gasteiger partial charge in [-0.25, -0.2) is 4.79 Å². The molecular formula is C45H60N5O7S2. The largest absolute Gasteiger partial charge is 0.444 e. The van der Waals surface area contributed by atoms with Crippen molar-refractivity contribution in [3.63, 3.8) is 0 Å². The van der Waals surface area contributed by atoms with Gasteiger partial charge in [-0.05, 0) is 68.7 Å². The summed E-state index contributed by atoms with van der Waals surface area (Å²) in [6.45, 7) is 10.8. The van der Waals surface area contributed by atoms with Crippen LogP contribution in [0.4, 0.5) is 4.79 Å². The Kier molecular flexibility index (Phi) is 19.2. The molecule has 0 fully saturated rings. The SMILES string of the molecule is [CH2]NC(=O)C(C(=O)[C@H](CCSC)NC(=O)[C@H](Cc1ccccc1)NC(=O)[C@@H](NC(=O)OC(C)(C)C)[C@@H](C)CC)(C(=O)[C@@H](N)CSCc1ccc(C)cc1)c1ccccc1. The number of hydrogen-bond acceptors (Lipinski definition) is 10. The molecule has 14 heteroatoms. The summed E-state index contributed by atoms with van der Waals surface area (Å²) >= 11 is 2.80. The van der Waals surface area contributed by atoms with Gasteiger partial charge in [-0.2, -0.15) is 23.5 Å². The molecule has 59 heavy (non-hydrogen) atoms. The first-order valence-electron chi connectivity index (χ1n) is 19.7. The third-order valence-electron chi connectivity index (χ3n) is 9.80. The van der Waals surface area contributed by atoms with Crippen LogP contribution in [0.1, 0.15) is 69.7 Å². The summed E-state index contributed by atoms with van der Waals surface area (Å²) in [6.07, 6.45) is 1.62. The zero-order valence-corrected chi connectivity index (χ0v) is 36.8. The van der Waals surface area contributed by atoms with Crippen LogP contribution >= 0.6 is 23.5 Å². The van der Waals surface area contributed by atoms with Crippen molar-refractivity contribution < 1.29 is 33.5 Å². The molecule has 0 saturated carbocycles. The smallest absolute Gasteiger partial charge is 0.408 e. The Morgan fingerprint density at radius 3 is 1.95 bits per heavy atom. The summed E-state index contributed by atoms with van der Waals surface area (Å²) in [5, 5.41) is 10.6. The van der Waals surface area contributed by atoms with Crippen molar-refractivity contribution >= 4 is 58.9 Å². The van der Waals surface area contributed by atoms with E-state index in [1.165, 1.54) is 35.7 Å². The van der Waals surface area contributed by atoms with Crippen LogP contribution in [0.25, 0.3) is 0 Å². The van der Waals surface area contributed by atoms with Gasteiger partial charge in [0, 0.05) is 25.0 Å². The van der Waals surface area contributed by atoms with Crippen LogP contribution < -0.4 is 27.0 Å². The quantitative estimate of drug-likeness (QED) is 0.0816. The van der Waals surface area contributed by atoms with E-state index in [2.05, 4.69) is 28.3 Å². The summed E-state index contributed by atoms with van der Waals surface area (Å²) in [6, 6.07) is 19.9. The monoisotopic (exact) mass is 846 g/mol. The predicted molar refractivity (Wildman–Crippen MR) is 237 cm³/mol. The van der Waals surface area contributed by atoms with Gasteiger partial charge in [-0.3, -0.25) is 24.0 Å². The molecule has 1 radical (unpaired) electrons. The highest BCUT2D eigenvalue weighted by molar-refractivity contribution is 7.98. The van der Waals surface area contributed by atoms with Gasteiger partial charge in [0.05, 0.1) is 12.1 Å². The molecule has 6 atom stereocenters. The zero-order valence-electron chi connectivity index (χ0n) is 35.2. The number of thioether (sulfide) groups is 2. The maximum atomic E-state index is 15.2. The lowest BCUT2D eigenvalue weighted by Gasteiger charge is -2.35. The van der Waals surface area contributed by atoms with Crippen LogP contribution in [0.15, 0.2) is 84.9 Å².